The van der Waals surface area contributed by atoms with Gasteiger partial charge in [-0.3, -0.25) is 37.3 Å². The van der Waals surface area contributed by atoms with Crippen LogP contribution in [0.2, 0.25) is 0 Å². The molecule has 0 rings (SSSR count). The summed E-state index contributed by atoms with van der Waals surface area (Å²) in [6, 6.07) is 0. The van der Waals surface area contributed by atoms with Crippen LogP contribution in [-0.4, -0.2) is 96.7 Å². The van der Waals surface area contributed by atoms with Crippen LogP contribution < -0.4 is 0 Å². The summed E-state index contributed by atoms with van der Waals surface area (Å²) in [4.78, 5) is 72.2. The number of esters is 4. The van der Waals surface area contributed by atoms with Gasteiger partial charge in [-0.2, -0.15) is 0 Å². The van der Waals surface area contributed by atoms with E-state index in [1.165, 1.54) is 167 Å². The fourth-order valence-corrected chi connectivity index (χ4v) is 12.2. The molecular formula is C70H136O17P2. The van der Waals surface area contributed by atoms with E-state index in [4.69, 9.17) is 37.0 Å². The fraction of sp³-hybridized carbons (Fsp3) is 0.943. The third kappa shape index (κ3) is 64.6. The maximum atomic E-state index is 13.0. The number of carbonyl (C=O) groups is 4. The second-order valence-electron chi connectivity index (χ2n) is 26.2. The lowest BCUT2D eigenvalue weighted by Gasteiger charge is -2.21. The zero-order valence-corrected chi connectivity index (χ0v) is 59.5. The minimum atomic E-state index is -4.95. The van der Waals surface area contributed by atoms with Crippen LogP contribution >= 0.6 is 15.6 Å². The summed E-state index contributed by atoms with van der Waals surface area (Å²) in [7, 11) is -9.89. The molecule has 0 amide bonds. The van der Waals surface area contributed by atoms with Gasteiger partial charge in [-0.1, -0.05) is 305 Å². The van der Waals surface area contributed by atoms with E-state index >= 15 is 0 Å². The van der Waals surface area contributed by atoms with Crippen molar-refractivity contribution in [1.82, 2.24) is 0 Å². The Morgan fingerprint density at radius 2 is 0.517 bits per heavy atom. The van der Waals surface area contributed by atoms with Gasteiger partial charge in [-0.25, -0.2) is 9.13 Å². The van der Waals surface area contributed by atoms with Gasteiger partial charge in [-0.15, -0.1) is 0 Å². The normalized spacial score (nSPS) is 14.1. The second kappa shape index (κ2) is 62.2. The highest BCUT2D eigenvalue weighted by Crippen LogP contribution is 2.45. The molecule has 89 heavy (non-hydrogen) atoms. The number of phosphoric acid groups is 2. The van der Waals surface area contributed by atoms with Crippen LogP contribution in [0.3, 0.4) is 0 Å². The number of phosphoric ester groups is 2. The number of hydrogen-bond acceptors (Lipinski definition) is 15. The molecule has 0 bridgehead atoms. The van der Waals surface area contributed by atoms with Crippen LogP contribution in [0.25, 0.3) is 0 Å². The van der Waals surface area contributed by atoms with Crippen LogP contribution in [-0.2, 0) is 65.4 Å². The molecule has 0 aromatic rings. The minimum Gasteiger partial charge on any atom is -0.462 e. The first-order valence-electron chi connectivity index (χ1n) is 36.5. The van der Waals surface area contributed by atoms with Crippen molar-refractivity contribution in [3.63, 3.8) is 0 Å². The predicted octanol–water partition coefficient (Wildman–Crippen LogP) is 20.0. The van der Waals surface area contributed by atoms with Crippen molar-refractivity contribution in [2.75, 3.05) is 39.6 Å². The molecule has 0 aliphatic carbocycles. The number of aliphatic hydroxyl groups is 1. The summed E-state index contributed by atoms with van der Waals surface area (Å²) in [5.74, 6) is -0.541. The van der Waals surface area contributed by atoms with Crippen molar-refractivity contribution >= 4 is 39.5 Å². The zero-order valence-electron chi connectivity index (χ0n) is 57.7. The highest BCUT2D eigenvalue weighted by molar-refractivity contribution is 7.47. The van der Waals surface area contributed by atoms with Crippen molar-refractivity contribution in [1.29, 1.82) is 0 Å². The Bertz CT molecular complexity index is 1730. The molecule has 0 saturated heterocycles. The number of unbranched alkanes of at least 4 members (excludes halogenated alkanes) is 39. The lowest BCUT2D eigenvalue weighted by Crippen LogP contribution is -2.30. The molecule has 5 atom stereocenters. The smallest absolute Gasteiger partial charge is 0.462 e. The van der Waals surface area contributed by atoms with Crippen LogP contribution in [0.1, 0.15) is 356 Å². The molecule has 0 fully saturated rings. The number of aliphatic hydroxyl groups excluding tert-OH is 1. The Kier molecular flexibility index (Phi) is 60.8. The van der Waals surface area contributed by atoms with Gasteiger partial charge in [0.1, 0.15) is 19.3 Å². The third-order valence-corrected chi connectivity index (χ3v) is 18.1. The number of hydrogen-bond donors (Lipinski definition) is 3. The summed E-state index contributed by atoms with van der Waals surface area (Å²) in [6.45, 7) is 9.50. The monoisotopic (exact) mass is 1310 g/mol. The molecule has 0 spiro atoms. The summed E-state index contributed by atoms with van der Waals surface area (Å²) in [5, 5.41) is 10.5. The quantitative estimate of drug-likeness (QED) is 0.0222. The molecule has 0 aliphatic heterocycles. The van der Waals surface area contributed by atoms with Gasteiger partial charge in [0.05, 0.1) is 26.4 Å². The molecule has 0 aliphatic rings. The molecule has 0 radical (unpaired) electrons. The van der Waals surface area contributed by atoms with E-state index in [2.05, 4.69) is 41.5 Å². The topological polar surface area (TPSA) is 237 Å². The Labute approximate surface area is 543 Å². The lowest BCUT2D eigenvalue weighted by molar-refractivity contribution is -0.161. The highest BCUT2D eigenvalue weighted by Gasteiger charge is 2.30. The SMILES string of the molecule is CCCCCCCCCCCCC(=O)O[C@H](COC(=O)CCCCCCC)COP(=O)(O)OC[C@H](O)COP(=O)(O)OC[C@@H](COC(=O)CCCCCCCCCCCCCCCCC(C)C)OC(=O)CCCCCCCCCCCCCCCCC(C)C. The molecule has 0 heterocycles. The van der Waals surface area contributed by atoms with E-state index < -0.39 is 97.5 Å². The van der Waals surface area contributed by atoms with E-state index in [9.17, 15) is 43.2 Å². The van der Waals surface area contributed by atoms with Crippen molar-refractivity contribution in [2.45, 2.75) is 374 Å². The fourth-order valence-electron chi connectivity index (χ4n) is 10.6. The van der Waals surface area contributed by atoms with Crippen molar-refractivity contribution in [3.05, 3.63) is 0 Å². The van der Waals surface area contributed by atoms with E-state index in [1.54, 1.807) is 0 Å². The zero-order chi connectivity index (χ0) is 65.7. The number of ether oxygens (including phenoxy) is 4. The standard InChI is InChI=1S/C70H136O17P2/c1-7-9-11-13-14-15-30-36-42-48-54-69(74)86-65(58-80-67(72)52-46-38-12-10-8-2)60-84-88(76,77)82-56-64(71)57-83-89(78,79)85-61-66(87-70(75)55-49-43-37-32-27-23-19-17-21-25-29-34-40-45-51-63(5)6)59-81-68(73)53-47-41-35-31-26-22-18-16-20-24-28-33-39-44-50-62(3)4/h62-66,71H,7-61H2,1-6H3,(H,76,77)(H,78,79)/t64-,65+,66+/m0/s1. The number of rotatable bonds is 69. The van der Waals surface area contributed by atoms with E-state index in [-0.39, 0.29) is 25.7 Å². The summed E-state index contributed by atoms with van der Waals surface area (Å²) in [5.41, 5.74) is 0. The molecule has 17 nitrogen and oxygen atoms in total. The first-order chi connectivity index (χ1) is 42.9. The predicted molar refractivity (Wildman–Crippen MR) is 358 cm³/mol. The maximum absolute atomic E-state index is 13.0. The van der Waals surface area contributed by atoms with Crippen LogP contribution in [0.15, 0.2) is 0 Å². The molecule has 528 valence electrons. The van der Waals surface area contributed by atoms with E-state index in [0.717, 1.165) is 108 Å². The highest BCUT2D eigenvalue weighted by atomic mass is 31.2. The molecule has 0 aromatic heterocycles. The maximum Gasteiger partial charge on any atom is 0.472 e. The Balaban J connectivity index is 5.15. The van der Waals surface area contributed by atoms with Gasteiger partial charge in [0, 0.05) is 25.7 Å². The molecular weight excluding hydrogens is 1170 g/mol. The first-order valence-corrected chi connectivity index (χ1v) is 39.5. The molecule has 0 saturated carbocycles. The van der Waals surface area contributed by atoms with Gasteiger partial charge in [0.25, 0.3) is 0 Å². The minimum absolute atomic E-state index is 0.105. The summed E-state index contributed by atoms with van der Waals surface area (Å²) >= 11 is 0. The van der Waals surface area contributed by atoms with Gasteiger partial charge in [0.2, 0.25) is 0 Å². The van der Waals surface area contributed by atoms with Crippen molar-refractivity contribution in [2.24, 2.45) is 11.8 Å². The third-order valence-electron chi connectivity index (χ3n) is 16.2. The first kappa shape index (κ1) is 87.1. The Morgan fingerprint density at radius 1 is 0.303 bits per heavy atom. The van der Waals surface area contributed by atoms with E-state index in [1.807, 2.05) is 0 Å². The van der Waals surface area contributed by atoms with Crippen molar-refractivity contribution < 1.29 is 80.2 Å². The van der Waals surface area contributed by atoms with Gasteiger partial charge in [-0.05, 0) is 37.5 Å². The molecule has 0 aromatic carbocycles. The summed E-state index contributed by atoms with van der Waals surface area (Å²) in [6.07, 6.45) is 47.6. The Hall–Kier alpha value is -1.94. The van der Waals surface area contributed by atoms with E-state index in [0.29, 0.717) is 25.7 Å². The van der Waals surface area contributed by atoms with Crippen LogP contribution in [0, 0.1) is 11.8 Å². The lowest BCUT2D eigenvalue weighted by atomic mass is 10.0. The average molecular weight is 1310 g/mol. The number of carbonyl (C=O) groups excluding carboxylic acids is 4. The molecule has 3 N–H and O–H groups in total. The molecule has 19 heteroatoms. The Morgan fingerprint density at radius 3 is 0.764 bits per heavy atom. The van der Waals surface area contributed by atoms with Gasteiger partial charge >= 0.3 is 39.5 Å². The largest absolute Gasteiger partial charge is 0.472 e. The van der Waals surface area contributed by atoms with Crippen LogP contribution in [0.4, 0.5) is 0 Å². The molecule has 2 unspecified atom stereocenters. The van der Waals surface area contributed by atoms with Gasteiger partial charge < -0.3 is 33.8 Å². The average Bonchev–Trinajstić information content (AvgIpc) is 3.71. The van der Waals surface area contributed by atoms with Gasteiger partial charge in [0.15, 0.2) is 12.2 Å². The van der Waals surface area contributed by atoms with Crippen LogP contribution in [0.5, 0.6) is 0 Å². The van der Waals surface area contributed by atoms with Crippen molar-refractivity contribution in [3.8, 4) is 0 Å². The second-order valence-corrected chi connectivity index (χ2v) is 29.1. The summed E-state index contributed by atoms with van der Waals surface area (Å²) < 4.78 is 68.0.